The third-order valence-electron chi connectivity index (χ3n) is 1.99. The molecular weight excluding hydrogens is 108 g/mol. The predicted octanol–water partition coefficient (Wildman–Crippen LogP) is 3.33. The average molecular weight is 125 g/mol. The van der Waals surface area contributed by atoms with Crippen molar-refractivity contribution in [3.05, 3.63) is 5.92 Å². The van der Waals surface area contributed by atoms with Gasteiger partial charge in [-0.1, -0.05) is 32.6 Å². The molecule has 0 aromatic rings. The Kier molecular flexibility index (Phi) is 3.10. The number of hydrogen-bond donors (Lipinski definition) is 0. The number of unbranched alkanes of at least 4 members (excludes halogenated alkanes) is 3. The van der Waals surface area contributed by atoms with Crippen LogP contribution in [0.2, 0.25) is 0 Å². The Bertz CT molecular complexity index is 62.4. The summed E-state index contributed by atoms with van der Waals surface area (Å²) in [5, 5.41) is 0. The van der Waals surface area contributed by atoms with E-state index in [1.165, 1.54) is 44.9 Å². The highest BCUT2D eigenvalue weighted by atomic mass is 14.2. The van der Waals surface area contributed by atoms with E-state index in [0.717, 1.165) is 0 Å². The van der Waals surface area contributed by atoms with Gasteiger partial charge < -0.3 is 0 Å². The molecule has 0 N–H and O–H groups in total. The largest absolute Gasteiger partial charge is 0.0654 e. The summed E-state index contributed by atoms with van der Waals surface area (Å²) in [7, 11) is 0. The van der Waals surface area contributed by atoms with Crippen molar-refractivity contribution >= 4 is 0 Å². The zero-order chi connectivity index (χ0) is 6.53. The third-order valence-corrected chi connectivity index (χ3v) is 1.99. The van der Waals surface area contributed by atoms with Gasteiger partial charge in [0.15, 0.2) is 0 Å². The highest BCUT2D eigenvalue weighted by Crippen LogP contribution is 2.36. The van der Waals surface area contributed by atoms with Crippen LogP contribution in [0.4, 0.5) is 0 Å². The number of rotatable bonds is 5. The Morgan fingerprint density at radius 1 is 1.11 bits per heavy atom. The molecule has 0 saturated heterocycles. The Morgan fingerprint density at radius 3 is 2.44 bits per heavy atom. The monoisotopic (exact) mass is 125 g/mol. The topological polar surface area (TPSA) is 0 Å². The maximum Gasteiger partial charge on any atom is -0.0241 e. The van der Waals surface area contributed by atoms with Crippen molar-refractivity contribution in [2.24, 2.45) is 0 Å². The molecule has 1 aliphatic carbocycles. The molecule has 1 rings (SSSR count). The molecular formula is C9H17. The standard InChI is InChI=1S/C9H17/c1-2-3-4-5-6-9-7-8-9/h2-8H2,1H3. The van der Waals surface area contributed by atoms with Crippen LogP contribution in [0.5, 0.6) is 0 Å². The van der Waals surface area contributed by atoms with Gasteiger partial charge in [-0.15, -0.1) is 0 Å². The van der Waals surface area contributed by atoms with Crippen LogP contribution in [0.15, 0.2) is 0 Å². The lowest BCUT2D eigenvalue weighted by molar-refractivity contribution is 0.657. The fourth-order valence-electron chi connectivity index (χ4n) is 1.14. The van der Waals surface area contributed by atoms with Crippen LogP contribution in [0, 0.1) is 5.92 Å². The van der Waals surface area contributed by atoms with E-state index < -0.39 is 0 Å². The van der Waals surface area contributed by atoms with Crippen molar-refractivity contribution in [3.63, 3.8) is 0 Å². The van der Waals surface area contributed by atoms with Gasteiger partial charge in [0.1, 0.15) is 0 Å². The van der Waals surface area contributed by atoms with Crippen molar-refractivity contribution in [1.82, 2.24) is 0 Å². The maximum atomic E-state index is 2.27. The molecule has 0 aromatic carbocycles. The van der Waals surface area contributed by atoms with E-state index in [9.17, 15) is 0 Å². The normalized spacial score (nSPS) is 18.3. The first-order valence-corrected chi connectivity index (χ1v) is 4.27. The molecule has 0 nitrogen and oxygen atoms in total. The average Bonchev–Trinajstić information content (AvgIpc) is 2.63. The minimum Gasteiger partial charge on any atom is -0.0654 e. The van der Waals surface area contributed by atoms with Crippen molar-refractivity contribution < 1.29 is 0 Å². The van der Waals surface area contributed by atoms with Gasteiger partial charge in [-0.25, -0.2) is 0 Å². The van der Waals surface area contributed by atoms with Gasteiger partial charge in [-0.3, -0.25) is 0 Å². The molecule has 0 aliphatic heterocycles. The summed E-state index contributed by atoms with van der Waals surface area (Å²) in [4.78, 5) is 0. The third kappa shape index (κ3) is 3.56. The van der Waals surface area contributed by atoms with E-state index in [4.69, 9.17) is 0 Å². The molecule has 0 amide bonds. The highest BCUT2D eigenvalue weighted by molar-refractivity contribution is 5.04. The van der Waals surface area contributed by atoms with E-state index >= 15 is 0 Å². The molecule has 0 heterocycles. The van der Waals surface area contributed by atoms with Gasteiger partial charge in [-0.2, -0.15) is 0 Å². The molecule has 0 bridgehead atoms. The van der Waals surface area contributed by atoms with Crippen LogP contribution in [0.25, 0.3) is 0 Å². The molecule has 53 valence electrons. The fourth-order valence-corrected chi connectivity index (χ4v) is 1.14. The van der Waals surface area contributed by atoms with Gasteiger partial charge in [0, 0.05) is 0 Å². The minimum absolute atomic E-state index is 1.37. The fraction of sp³-hybridized carbons (Fsp3) is 0.889. The van der Waals surface area contributed by atoms with Crippen molar-refractivity contribution in [2.45, 2.75) is 51.9 Å². The quantitative estimate of drug-likeness (QED) is 0.494. The van der Waals surface area contributed by atoms with E-state index in [0.29, 0.717) is 0 Å². The summed E-state index contributed by atoms with van der Waals surface area (Å²) in [6.07, 6.45) is 10.1. The van der Waals surface area contributed by atoms with Crippen LogP contribution < -0.4 is 0 Å². The van der Waals surface area contributed by atoms with Gasteiger partial charge in [0.2, 0.25) is 0 Å². The van der Waals surface area contributed by atoms with Crippen molar-refractivity contribution in [3.8, 4) is 0 Å². The lowest BCUT2D eigenvalue weighted by atomic mass is 10.1. The van der Waals surface area contributed by atoms with Gasteiger partial charge in [-0.05, 0) is 25.2 Å². The van der Waals surface area contributed by atoms with E-state index in [2.05, 4.69) is 6.92 Å². The summed E-state index contributed by atoms with van der Waals surface area (Å²) in [6.45, 7) is 2.27. The van der Waals surface area contributed by atoms with E-state index in [1.54, 1.807) is 0 Å². The molecule has 0 unspecified atom stereocenters. The van der Waals surface area contributed by atoms with Crippen molar-refractivity contribution in [2.75, 3.05) is 0 Å². The summed E-state index contributed by atoms with van der Waals surface area (Å²) in [6, 6.07) is 0. The lowest BCUT2D eigenvalue weighted by Gasteiger charge is -1.94. The van der Waals surface area contributed by atoms with Crippen LogP contribution in [-0.2, 0) is 0 Å². The first kappa shape index (κ1) is 7.11. The smallest absolute Gasteiger partial charge is 0.0241 e. The SMILES string of the molecule is CCCCCC[C]1CC1. The Balaban J connectivity index is 1.71. The zero-order valence-electron chi connectivity index (χ0n) is 6.45. The van der Waals surface area contributed by atoms with E-state index in [1.807, 2.05) is 5.92 Å². The Labute approximate surface area is 58.7 Å². The summed E-state index contributed by atoms with van der Waals surface area (Å²) in [5.74, 6) is 1.83. The van der Waals surface area contributed by atoms with Crippen LogP contribution >= 0.6 is 0 Å². The second-order valence-electron chi connectivity index (χ2n) is 3.06. The summed E-state index contributed by atoms with van der Waals surface area (Å²) in [5.41, 5.74) is 0. The van der Waals surface area contributed by atoms with Crippen LogP contribution in [0.1, 0.15) is 51.9 Å². The predicted molar refractivity (Wildman–Crippen MR) is 41.2 cm³/mol. The maximum absolute atomic E-state index is 2.27. The Morgan fingerprint density at radius 2 is 1.89 bits per heavy atom. The molecule has 1 fully saturated rings. The second-order valence-corrected chi connectivity index (χ2v) is 3.06. The lowest BCUT2D eigenvalue weighted by Crippen LogP contribution is -1.76. The molecule has 1 radical (unpaired) electrons. The van der Waals surface area contributed by atoms with Gasteiger partial charge in [0.05, 0.1) is 0 Å². The minimum atomic E-state index is 1.37. The Hall–Kier alpha value is 0. The van der Waals surface area contributed by atoms with E-state index in [-0.39, 0.29) is 0 Å². The molecule has 0 spiro atoms. The van der Waals surface area contributed by atoms with Crippen molar-refractivity contribution in [1.29, 1.82) is 0 Å². The van der Waals surface area contributed by atoms with Crippen LogP contribution in [-0.4, -0.2) is 0 Å². The molecule has 0 atom stereocenters. The summed E-state index contributed by atoms with van der Waals surface area (Å²) >= 11 is 0. The second kappa shape index (κ2) is 3.92. The molecule has 1 aliphatic rings. The van der Waals surface area contributed by atoms with Gasteiger partial charge in [0.25, 0.3) is 0 Å². The zero-order valence-corrected chi connectivity index (χ0v) is 6.45. The first-order chi connectivity index (χ1) is 4.43. The first-order valence-electron chi connectivity index (χ1n) is 4.27. The summed E-state index contributed by atoms with van der Waals surface area (Å²) < 4.78 is 0. The van der Waals surface area contributed by atoms with Crippen LogP contribution in [0.3, 0.4) is 0 Å². The highest BCUT2D eigenvalue weighted by Gasteiger charge is 2.20. The van der Waals surface area contributed by atoms with Gasteiger partial charge >= 0.3 is 0 Å². The molecule has 1 saturated carbocycles. The number of hydrogen-bond acceptors (Lipinski definition) is 0. The molecule has 0 aromatic heterocycles. The molecule has 9 heavy (non-hydrogen) atoms. The molecule has 0 heteroatoms.